The highest BCUT2D eigenvalue weighted by molar-refractivity contribution is 7.71. The summed E-state index contributed by atoms with van der Waals surface area (Å²) < 4.78 is 6.72. The summed E-state index contributed by atoms with van der Waals surface area (Å²) in [7, 11) is 0. The minimum atomic E-state index is -0.605. The third kappa shape index (κ3) is 5.27. The number of hydrogen-bond donors (Lipinski definition) is 3. The summed E-state index contributed by atoms with van der Waals surface area (Å²) >= 11 is 5.16. The van der Waals surface area contributed by atoms with Crippen molar-refractivity contribution in [1.82, 2.24) is 15.0 Å². The first-order valence-electron chi connectivity index (χ1n) is 8.61. The molecule has 0 aliphatic carbocycles. The third-order valence-electron chi connectivity index (χ3n) is 3.67. The summed E-state index contributed by atoms with van der Waals surface area (Å²) in [6.07, 6.45) is 3.07. The first kappa shape index (κ1) is 20.4. The van der Waals surface area contributed by atoms with Crippen LogP contribution >= 0.6 is 12.2 Å². The minimum Gasteiger partial charge on any atom is -0.494 e. The van der Waals surface area contributed by atoms with Gasteiger partial charge in [0.25, 0.3) is 5.56 Å². The molecule has 8 nitrogen and oxygen atoms in total. The van der Waals surface area contributed by atoms with Gasteiger partial charge in [-0.05, 0) is 49.8 Å². The fraction of sp³-hybridized carbons (Fsp3) is 0.333. The Labute approximate surface area is 161 Å². The second kappa shape index (κ2) is 9.67. The van der Waals surface area contributed by atoms with E-state index in [0.29, 0.717) is 24.5 Å². The van der Waals surface area contributed by atoms with Crippen molar-refractivity contribution in [3.63, 3.8) is 0 Å². The molecule has 2 rings (SSSR count). The number of unbranched alkanes of at least 4 members (excludes halogenated alkanes) is 1. The number of nitrogens with one attached hydrogen (secondary N) is 2. The van der Waals surface area contributed by atoms with Gasteiger partial charge in [0.05, 0.1) is 18.5 Å². The van der Waals surface area contributed by atoms with Gasteiger partial charge >= 0.3 is 0 Å². The van der Waals surface area contributed by atoms with Gasteiger partial charge in [-0.15, -0.1) is 0 Å². The van der Waals surface area contributed by atoms with Crippen LogP contribution in [0.25, 0.3) is 5.69 Å². The normalized spacial score (nSPS) is 10.9. The van der Waals surface area contributed by atoms with Gasteiger partial charge in [0, 0.05) is 6.42 Å². The fourth-order valence-electron chi connectivity index (χ4n) is 2.31. The van der Waals surface area contributed by atoms with Crippen LogP contribution in [0.1, 0.15) is 38.7 Å². The number of ether oxygens (including phenoxy) is 1. The van der Waals surface area contributed by atoms with Crippen LogP contribution in [-0.2, 0) is 4.79 Å². The number of aromatic nitrogens is 2. The van der Waals surface area contributed by atoms with Gasteiger partial charge in [-0.1, -0.05) is 13.3 Å². The van der Waals surface area contributed by atoms with E-state index < -0.39 is 5.56 Å². The zero-order valence-corrected chi connectivity index (χ0v) is 16.0. The largest absolute Gasteiger partial charge is 0.494 e. The highest BCUT2D eigenvalue weighted by Gasteiger charge is 2.13. The minimum absolute atomic E-state index is 0.0331. The molecule has 9 heteroatoms. The zero-order valence-electron chi connectivity index (χ0n) is 15.2. The van der Waals surface area contributed by atoms with Crippen molar-refractivity contribution in [2.75, 3.05) is 6.61 Å². The Kier molecular flexibility index (Phi) is 7.30. The van der Waals surface area contributed by atoms with Gasteiger partial charge in [0.2, 0.25) is 11.8 Å². The molecule has 1 amide bonds. The molecular formula is C18H22N4O4S. The Balaban J connectivity index is 2.32. The van der Waals surface area contributed by atoms with Crippen molar-refractivity contribution in [2.45, 2.75) is 33.1 Å². The molecule has 0 atom stereocenters. The molecule has 0 spiro atoms. The third-order valence-corrected chi connectivity index (χ3v) is 3.95. The van der Waals surface area contributed by atoms with Gasteiger partial charge in [0.15, 0.2) is 4.77 Å². The maximum absolute atomic E-state index is 12.1. The van der Waals surface area contributed by atoms with Gasteiger partial charge in [-0.2, -0.15) is 5.10 Å². The van der Waals surface area contributed by atoms with Gasteiger partial charge in [-0.25, -0.2) is 5.43 Å². The van der Waals surface area contributed by atoms with Crippen molar-refractivity contribution in [3.05, 3.63) is 45.0 Å². The smallest absolute Gasteiger partial charge is 0.264 e. The SMILES string of the molecule is CCCCC(=O)NN=Cc1c(O)n(-c2ccc(OCC)cc2)c(=S)[nH]c1=O. The van der Waals surface area contributed by atoms with Crippen molar-refractivity contribution in [2.24, 2.45) is 5.10 Å². The lowest BCUT2D eigenvalue weighted by molar-refractivity contribution is -0.121. The van der Waals surface area contributed by atoms with Crippen LogP contribution in [0.2, 0.25) is 0 Å². The van der Waals surface area contributed by atoms with E-state index >= 15 is 0 Å². The summed E-state index contributed by atoms with van der Waals surface area (Å²) in [6, 6.07) is 6.86. The van der Waals surface area contributed by atoms with Crippen LogP contribution in [0.5, 0.6) is 11.6 Å². The summed E-state index contributed by atoms with van der Waals surface area (Å²) in [6.45, 7) is 4.39. The zero-order chi connectivity index (χ0) is 19.8. The first-order valence-corrected chi connectivity index (χ1v) is 9.02. The van der Waals surface area contributed by atoms with E-state index in [1.54, 1.807) is 24.3 Å². The lowest BCUT2D eigenvalue weighted by Gasteiger charge is -2.12. The first-order chi connectivity index (χ1) is 13.0. The molecule has 0 fully saturated rings. The highest BCUT2D eigenvalue weighted by Crippen LogP contribution is 2.21. The fourth-order valence-corrected chi connectivity index (χ4v) is 2.60. The molecule has 1 aromatic heterocycles. The number of carbonyl (C=O) groups is 1. The summed E-state index contributed by atoms with van der Waals surface area (Å²) in [5.74, 6) is 0.0380. The molecule has 0 radical (unpaired) electrons. The Morgan fingerprint density at radius 1 is 1.37 bits per heavy atom. The number of hydrazone groups is 1. The van der Waals surface area contributed by atoms with Crippen LogP contribution in [-0.4, -0.2) is 33.4 Å². The number of aromatic amines is 1. The molecule has 2 aromatic rings. The van der Waals surface area contributed by atoms with Crippen molar-refractivity contribution >= 4 is 24.3 Å². The van der Waals surface area contributed by atoms with Crippen molar-refractivity contribution in [1.29, 1.82) is 0 Å². The Morgan fingerprint density at radius 2 is 2.07 bits per heavy atom. The van der Waals surface area contributed by atoms with E-state index in [1.165, 1.54) is 4.57 Å². The Morgan fingerprint density at radius 3 is 2.70 bits per heavy atom. The topological polar surface area (TPSA) is 109 Å². The molecule has 3 N–H and O–H groups in total. The Bertz CT molecular complexity index is 932. The number of H-pyrrole nitrogens is 1. The van der Waals surface area contributed by atoms with Gasteiger partial charge < -0.3 is 9.84 Å². The van der Waals surface area contributed by atoms with Crippen LogP contribution in [0, 0.1) is 4.77 Å². The molecule has 0 unspecified atom stereocenters. The summed E-state index contributed by atoms with van der Waals surface area (Å²) in [5, 5.41) is 14.3. The average Bonchev–Trinajstić information content (AvgIpc) is 2.64. The number of carbonyl (C=O) groups excluding carboxylic acids is 1. The van der Waals surface area contributed by atoms with E-state index in [0.717, 1.165) is 19.1 Å². The van der Waals surface area contributed by atoms with E-state index in [1.807, 2.05) is 13.8 Å². The average molecular weight is 390 g/mol. The van der Waals surface area contributed by atoms with Gasteiger partial charge in [-0.3, -0.25) is 19.1 Å². The van der Waals surface area contributed by atoms with Crippen LogP contribution in [0.15, 0.2) is 34.2 Å². The molecule has 0 saturated heterocycles. The molecule has 144 valence electrons. The van der Waals surface area contributed by atoms with E-state index in [-0.39, 0.29) is 22.1 Å². The predicted octanol–water partition coefficient (Wildman–Crippen LogP) is 2.64. The molecule has 0 aliphatic heterocycles. The van der Waals surface area contributed by atoms with E-state index in [9.17, 15) is 14.7 Å². The highest BCUT2D eigenvalue weighted by atomic mass is 32.1. The van der Waals surface area contributed by atoms with Gasteiger partial charge in [0.1, 0.15) is 11.3 Å². The molecule has 0 bridgehead atoms. The number of benzene rings is 1. The van der Waals surface area contributed by atoms with Crippen LogP contribution in [0.4, 0.5) is 0 Å². The van der Waals surface area contributed by atoms with E-state index in [4.69, 9.17) is 17.0 Å². The van der Waals surface area contributed by atoms with Crippen LogP contribution < -0.4 is 15.7 Å². The molecular weight excluding hydrogens is 368 g/mol. The molecule has 1 aromatic carbocycles. The molecule has 1 heterocycles. The maximum Gasteiger partial charge on any atom is 0.264 e. The molecule has 27 heavy (non-hydrogen) atoms. The molecule has 0 saturated carbocycles. The lowest BCUT2D eigenvalue weighted by atomic mass is 10.2. The second-order valence-electron chi connectivity index (χ2n) is 5.66. The van der Waals surface area contributed by atoms with E-state index in [2.05, 4.69) is 15.5 Å². The Hall–Kier alpha value is -2.94. The lowest BCUT2D eigenvalue weighted by Crippen LogP contribution is -2.21. The summed E-state index contributed by atoms with van der Waals surface area (Å²) in [4.78, 5) is 26.2. The molecule has 0 aliphatic rings. The number of amides is 1. The predicted molar refractivity (Wildman–Crippen MR) is 105 cm³/mol. The standard InChI is InChI=1S/C18H22N4O4S/c1-3-5-6-15(23)21-19-11-14-16(24)20-18(27)22(17(14)25)12-7-9-13(10-8-12)26-4-2/h7-11,25H,3-6H2,1-2H3,(H,21,23)(H,20,24,27). The number of aromatic hydroxyl groups is 1. The number of nitrogens with zero attached hydrogens (tertiary/aromatic N) is 2. The maximum atomic E-state index is 12.1. The second-order valence-corrected chi connectivity index (χ2v) is 6.04. The monoisotopic (exact) mass is 390 g/mol. The van der Waals surface area contributed by atoms with Crippen molar-refractivity contribution < 1.29 is 14.6 Å². The summed E-state index contributed by atoms with van der Waals surface area (Å²) in [5.41, 5.74) is 2.15. The van der Waals surface area contributed by atoms with Crippen LogP contribution in [0.3, 0.4) is 0 Å². The number of hydrogen-bond acceptors (Lipinski definition) is 6. The van der Waals surface area contributed by atoms with Crippen molar-refractivity contribution in [3.8, 4) is 17.3 Å². The quantitative estimate of drug-likeness (QED) is 0.365. The number of rotatable bonds is 8.